The van der Waals surface area contributed by atoms with Crippen molar-refractivity contribution in [2.75, 3.05) is 20.1 Å². The molecule has 0 aliphatic heterocycles. The Hall–Kier alpha value is -1.84. The summed E-state index contributed by atoms with van der Waals surface area (Å²) in [6, 6.07) is 17.4. The molecule has 0 unspecified atom stereocenters. The molecule has 0 radical (unpaired) electrons. The van der Waals surface area contributed by atoms with Gasteiger partial charge in [-0.2, -0.15) is 0 Å². The molecular formula is C19H23ClN2O. The summed E-state index contributed by atoms with van der Waals surface area (Å²) in [4.78, 5) is 14.2. The molecule has 0 heterocycles. The van der Waals surface area contributed by atoms with Gasteiger partial charge in [-0.05, 0) is 56.3 Å². The molecular weight excluding hydrogens is 308 g/mol. The Morgan fingerprint density at radius 2 is 1.74 bits per heavy atom. The minimum atomic E-state index is -0.0423. The number of nitrogens with zero attached hydrogens (tertiary/aromatic N) is 1. The van der Waals surface area contributed by atoms with Gasteiger partial charge in [-0.3, -0.25) is 4.79 Å². The van der Waals surface area contributed by atoms with Gasteiger partial charge in [0.1, 0.15) is 0 Å². The van der Waals surface area contributed by atoms with Gasteiger partial charge in [-0.1, -0.05) is 41.9 Å². The van der Waals surface area contributed by atoms with Gasteiger partial charge in [-0.25, -0.2) is 0 Å². The number of carbonyl (C=O) groups excluding carboxylic acids is 1. The predicted octanol–water partition coefficient (Wildman–Crippen LogP) is 3.98. The normalized spacial score (nSPS) is 10.7. The van der Waals surface area contributed by atoms with Crippen LogP contribution in [0, 0.1) is 0 Å². The predicted molar refractivity (Wildman–Crippen MR) is 95.8 cm³/mol. The van der Waals surface area contributed by atoms with Crippen LogP contribution in [0.25, 0.3) is 0 Å². The highest BCUT2D eigenvalue weighted by Gasteiger charge is 2.04. The minimum Gasteiger partial charge on any atom is -0.352 e. The molecule has 0 bridgehead atoms. The highest BCUT2D eigenvalue weighted by molar-refractivity contribution is 6.30. The SMILES string of the molecule is CN(CCCCNC(=O)c1ccc(Cl)cc1)Cc1ccccc1. The fourth-order valence-corrected chi connectivity index (χ4v) is 2.51. The number of carbonyl (C=O) groups is 1. The van der Waals surface area contributed by atoms with Gasteiger partial charge in [0, 0.05) is 23.7 Å². The van der Waals surface area contributed by atoms with Crippen molar-refractivity contribution in [2.24, 2.45) is 0 Å². The maximum Gasteiger partial charge on any atom is 0.251 e. The number of unbranched alkanes of at least 4 members (excludes halogenated alkanes) is 1. The van der Waals surface area contributed by atoms with Gasteiger partial charge < -0.3 is 10.2 Å². The molecule has 0 aromatic heterocycles. The maximum absolute atomic E-state index is 11.9. The molecule has 0 aliphatic carbocycles. The molecule has 2 rings (SSSR count). The summed E-state index contributed by atoms with van der Waals surface area (Å²) in [7, 11) is 2.12. The van der Waals surface area contributed by atoms with E-state index in [0.717, 1.165) is 25.9 Å². The lowest BCUT2D eigenvalue weighted by Crippen LogP contribution is -2.25. The molecule has 2 aromatic carbocycles. The first kappa shape index (κ1) is 17.5. The van der Waals surface area contributed by atoms with Crippen molar-refractivity contribution in [3.63, 3.8) is 0 Å². The third kappa shape index (κ3) is 6.43. The van der Waals surface area contributed by atoms with E-state index in [4.69, 9.17) is 11.6 Å². The average Bonchev–Trinajstić information content (AvgIpc) is 2.56. The fraction of sp³-hybridized carbons (Fsp3) is 0.316. The number of nitrogens with one attached hydrogen (secondary N) is 1. The highest BCUT2D eigenvalue weighted by Crippen LogP contribution is 2.09. The second kappa shape index (κ2) is 9.33. The topological polar surface area (TPSA) is 32.3 Å². The van der Waals surface area contributed by atoms with Crippen molar-refractivity contribution in [1.29, 1.82) is 0 Å². The Labute approximate surface area is 143 Å². The van der Waals surface area contributed by atoms with Crippen molar-refractivity contribution in [3.8, 4) is 0 Å². The summed E-state index contributed by atoms with van der Waals surface area (Å²) in [6.45, 7) is 2.67. The van der Waals surface area contributed by atoms with E-state index >= 15 is 0 Å². The van der Waals surface area contributed by atoms with E-state index in [9.17, 15) is 4.79 Å². The highest BCUT2D eigenvalue weighted by atomic mass is 35.5. The van der Waals surface area contributed by atoms with Crippen LogP contribution in [0.15, 0.2) is 54.6 Å². The molecule has 0 saturated carbocycles. The van der Waals surface area contributed by atoms with E-state index in [1.54, 1.807) is 24.3 Å². The molecule has 2 aromatic rings. The van der Waals surface area contributed by atoms with Gasteiger partial charge in [0.2, 0.25) is 0 Å². The number of rotatable bonds is 8. The molecule has 23 heavy (non-hydrogen) atoms. The van der Waals surface area contributed by atoms with Crippen LogP contribution < -0.4 is 5.32 Å². The van der Waals surface area contributed by atoms with Crippen LogP contribution in [0.3, 0.4) is 0 Å². The first-order valence-corrected chi connectivity index (χ1v) is 8.29. The van der Waals surface area contributed by atoms with E-state index in [0.29, 0.717) is 17.1 Å². The summed E-state index contributed by atoms with van der Waals surface area (Å²) < 4.78 is 0. The second-order valence-electron chi connectivity index (χ2n) is 5.69. The van der Waals surface area contributed by atoms with Gasteiger partial charge in [-0.15, -0.1) is 0 Å². The summed E-state index contributed by atoms with van der Waals surface area (Å²) >= 11 is 5.81. The van der Waals surface area contributed by atoms with Crippen LogP contribution in [0.5, 0.6) is 0 Å². The molecule has 122 valence electrons. The van der Waals surface area contributed by atoms with Crippen LogP contribution >= 0.6 is 11.6 Å². The van der Waals surface area contributed by atoms with E-state index in [1.165, 1.54) is 5.56 Å². The standard InChI is InChI=1S/C19H23ClN2O/c1-22(15-16-7-3-2-4-8-16)14-6-5-13-21-19(23)17-9-11-18(20)12-10-17/h2-4,7-12H,5-6,13-15H2,1H3,(H,21,23). The van der Waals surface area contributed by atoms with Crippen LogP contribution in [-0.4, -0.2) is 30.9 Å². The molecule has 4 heteroatoms. The fourth-order valence-electron chi connectivity index (χ4n) is 2.39. The largest absolute Gasteiger partial charge is 0.352 e. The van der Waals surface area contributed by atoms with Crippen LogP contribution in [0.1, 0.15) is 28.8 Å². The van der Waals surface area contributed by atoms with Crippen molar-refractivity contribution < 1.29 is 4.79 Å². The van der Waals surface area contributed by atoms with Crippen molar-refractivity contribution >= 4 is 17.5 Å². The maximum atomic E-state index is 11.9. The molecule has 1 N–H and O–H groups in total. The molecule has 0 aliphatic rings. The number of hydrogen-bond donors (Lipinski definition) is 1. The quantitative estimate of drug-likeness (QED) is 0.742. The molecule has 0 atom stereocenters. The molecule has 1 amide bonds. The van der Waals surface area contributed by atoms with Crippen molar-refractivity contribution in [3.05, 3.63) is 70.7 Å². The molecule has 0 spiro atoms. The summed E-state index contributed by atoms with van der Waals surface area (Å²) in [5.41, 5.74) is 1.97. The Bertz CT molecular complexity index is 599. The van der Waals surface area contributed by atoms with E-state index < -0.39 is 0 Å². The number of halogens is 1. The molecule has 0 saturated heterocycles. The van der Waals surface area contributed by atoms with E-state index in [-0.39, 0.29) is 5.91 Å². The second-order valence-corrected chi connectivity index (χ2v) is 6.13. The Morgan fingerprint density at radius 3 is 2.43 bits per heavy atom. The zero-order chi connectivity index (χ0) is 16.5. The van der Waals surface area contributed by atoms with Gasteiger partial charge in [0.05, 0.1) is 0 Å². The van der Waals surface area contributed by atoms with Crippen LogP contribution in [-0.2, 0) is 6.54 Å². The smallest absolute Gasteiger partial charge is 0.251 e. The summed E-state index contributed by atoms with van der Waals surface area (Å²) in [5, 5.41) is 3.58. The average molecular weight is 331 g/mol. The number of benzene rings is 2. The Balaban J connectivity index is 1.60. The molecule has 0 fully saturated rings. The zero-order valence-corrected chi connectivity index (χ0v) is 14.2. The molecule has 3 nitrogen and oxygen atoms in total. The first-order valence-electron chi connectivity index (χ1n) is 7.91. The third-order valence-electron chi connectivity index (χ3n) is 3.65. The monoisotopic (exact) mass is 330 g/mol. The van der Waals surface area contributed by atoms with E-state index in [1.807, 2.05) is 6.07 Å². The lowest BCUT2D eigenvalue weighted by atomic mass is 10.2. The Kier molecular flexibility index (Phi) is 7.11. The van der Waals surface area contributed by atoms with Crippen molar-refractivity contribution in [2.45, 2.75) is 19.4 Å². The zero-order valence-electron chi connectivity index (χ0n) is 13.5. The van der Waals surface area contributed by atoms with Crippen LogP contribution in [0.4, 0.5) is 0 Å². The third-order valence-corrected chi connectivity index (χ3v) is 3.91. The minimum absolute atomic E-state index is 0.0423. The van der Waals surface area contributed by atoms with Gasteiger partial charge in [0.15, 0.2) is 0 Å². The summed E-state index contributed by atoms with van der Waals surface area (Å²) in [6.07, 6.45) is 2.03. The van der Waals surface area contributed by atoms with Gasteiger partial charge in [0.25, 0.3) is 5.91 Å². The lowest BCUT2D eigenvalue weighted by Gasteiger charge is -2.16. The first-order chi connectivity index (χ1) is 11.1. The number of amides is 1. The van der Waals surface area contributed by atoms with Gasteiger partial charge >= 0.3 is 0 Å². The lowest BCUT2D eigenvalue weighted by molar-refractivity contribution is 0.0952. The van der Waals surface area contributed by atoms with Crippen LogP contribution in [0.2, 0.25) is 5.02 Å². The number of hydrogen-bond acceptors (Lipinski definition) is 2. The Morgan fingerprint density at radius 1 is 1.04 bits per heavy atom. The van der Waals surface area contributed by atoms with Crippen molar-refractivity contribution in [1.82, 2.24) is 10.2 Å². The van der Waals surface area contributed by atoms with E-state index in [2.05, 4.69) is 41.5 Å². The summed E-state index contributed by atoms with van der Waals surface area (Å²) in [5.74, 6) is -0.0423.